The first-order valence-corrected chi connectivity index (χ1v) is 6.99. The zero-order valence-electron chi connectivity index (χ0n) is 11.1. The van der Waals surface area contributed by atoms with E-state index in [4.69, 9.17) is 5.73 Å². The summed E-state index contributed by atoms with van der Waals surface area (Å²) in [4.78, 5) is 21.3. The van der Waals surface area contributed by atoms with E-state index in [1.807, 2.05) is 11.8 Å². The zero-order valence-corrected chi connectivity index (χ0v) is 12.0. The molecule has 1 aliphatic rings. The van der Waals surface area contributed by atoms with E-state index in [-0.39, 0.29) is 5.91 Å². The Balaban J connectivity index is 2.02. The summed E-state index contributed by atoms with van der Waals surface area (Å²) in [5, 5.41) is 0.471. The molecule has 1 saturated heterocycles. The van der Waals surface area contributed by atoms with Crippen molar-refractivity contribution in [2.75, 3.05) is 32.9 Å². The van der Waals surface area contributed by atoms with E-state index in [2.05, 4.69) is 24.0 Å². The van der Waals surface area contributed by atoms with E-state index in [0.29, 0.717) is 16.1 Å². The van der Waals surface area contributed by atoms with Gasteiger partial charge in [0.05, 0.1) is 5.69 Å². The Labute approximate surface area is 112 Å². The fourth-order valence-corrected chi connectivity index (χ4v) is 3.15. The molecule has 1 aromatic rings. The molecule has 1 aromatic heterocycles. The molecule has 0 radical (unpaired) electrons. The number of nitrogen functional groups attached to an aromatic ring is 1. The Bertz CT molecular complexity index is 435. The number of hydrogen-bond acceptors (Lipinski definition) is 5. The number of rotatable bonds is 2. The molecule has 0 bridgehead atoms. The van der Waals surface area contributed by atoms with Crippen LogP contribution in [0.2, 0.25) is 0 Å². The number of nitrogens with zero attached hydrogens (tertiary/aromatic N) is 3. The Morgan fingerprint density at radius 1 is 1.44 bits per heavy atom. The maximum Gasteiger partial charge on any atom is 0.265 e. The van der Waals surface area contributed by atoms with Crippen molar-refractivity contribution in [3.63, 3.8) is 0 Å². The summed E-state index contributed by atoms with van der Waals surface area (Å²) in [7, 11) is 4.19. The number of aryl methyl sites for hydroxylation is 1. The fourth-order valence-electron chi connectivity index (χ4n) is 2.34. The minimum atomic E-state index is 0.0823. The Morgan fingerprint density at radius 3 is 2.50 bits per heavy atom. The first kappa shape index (κ1) is 13.3. The standard InChI is InChI=1S/C12H20N4OS/c1-8-10(18-12(13)14-8)11(17)16-6-4-9(5-7-16)15(2)3/h9H,4-7H2,1-3H3,(H2,13,14). The molecule has 100 valence electrons. The van der Waals surface area contributed by atoms with Crippen molar-refractivity contribution in [1.82, 2.24) is 14.8 Å². The average Bonchev–Trinajstić information content (AvgIpc) is 2.67. The van der Waals surface area contributed by atoms with Crippen LogP contribution in [0.1, 0.15) is 28.2 Å². The number of amides is 1. The van der Waals surface area contributed by atoms with Gasteiger partial charge in [0.15, 0.2) is 5.13 Å². The number of thiazole rings is 1. The molecule has 6 heteroatoms. The third-order valence-corrected chi connectivity index (χ3v) is 4.46. The molecule has 1 amide bonds. The van der Waals surface area contributed by atoms with Crippen LogP contribution in [0.5, 0.6) is 0 Å². The van der Waals surface area contributed by atoms with Gasteiger partial charge in [0.2, 0.25) is 0 Å². The number of carbonyl (C=O) groups is 1. The number of anilines is 1. The fraction of sp³-hybridized carbons (Fsp3) is 0.667. The summed E-state index contributed by atoms with van der Waals surface area (Å²) >= 11 is 1.29. The van der Waals surface area contributed by atoms with Crippen molar-refractivity contribution in [1.29, 1.82) is 0 Å². The highest BCUT2D eigenvalue weighted by atomic mass is 32.1. The highest BCUT2D eigenvalue weighted by Gasteiger charge is 2.26. The average molecular weight is 268 g/mol. The van der Waals surface area contributed by atoms with E-state index in [1.165, 1.54) is 11.3 Å². The Hall–Kier alpha value is -1.14. The van der Waals surface area contributed by atoms with Gasteiger partial charge in [-0.2, -0.15) is 0 Å². The van der Waals surface area contributed by atoms with Gasteiger partial charge >= 0.3 is 0 Å². The quantitative estimate of drug-likeness (QED) is 0.875. The maximum atomic E-state index is 12.3. The van der Waals surface area contributed by atoms with Crippen LogP contribution < -0.4 is 5.73 Å². The van der Waals surface area contributed by atoms with E-state index in [9.17, 15) is 4.79 Å². The monoisotopic (exact) mass is 268 g/mol. The Kier molecular flexibility index (Phi) is 3.87. The molecule has 0 saturated carbocycles. The third-order valence-electron chi connectivity index (χ3n) is 3.49. The van der Waals surface area contributed by atoms with Crippen LogP contribution in [0.3, 0.4) is 0 Å². The topological polar surface area (TPSA) is 62.5 Å². The first-order valence-electron chi connectivity index (χ1n) is 6.17. The molecular formula is C12H20N4OS. The van der Waals surface area contributed by atoms with Gasteiger partial charge in [0.1, 0.15) is 4.88 Å². The molecule has 18 heavy (non-hydrogen) atoms. The largest absolute Gasteiger partial charge is 0.375 e. The molecule has 1 fully saturated rings. The van der Waals surface area contributed by atoms with E-state index in [1.54, 1.807) is 0 Å². The van der Waals surface area contributed by atoms with Gasteiger partial charge in [-0.15, -0.1) is 0 Å². The molecular weight excluding hydrogens is 248 g/mol. The smallest absolute Gasteiger partial charge is 0.265 e. The second-order valence-electron chi connectivity index (χ2n) is 4.95. The van der Waals surface area contributed by atoms with Crippen LogP contribution >= 0.6 is 11.3 Å². The van der Waals surface area contributed by atoms with Crippen LogP contribution in [-0.4, -0.2) is 53.9 Å². The molecule has 1 aliphatic heterocycles. The molecule has 5 nitrogen and oxygen atoms in total. The third kappa shape index (κ3) is 2.64. The summed E-state index contributed by atoms with van der Waals surface area (Å²) in [6.45, 7) is 3.48. The second-order valence-corrected chi connectivity index (χ2v) is 5.98. The van der Waals surface area contributed by atoms with Crippen molar-refractivity contribution in [2.45, 2.75) is 25.8 Å². The van der Waals surface area contributed by atoms with Crippen molar-refractivity contribution in [3.05, 3.63) is 10.6 Å². The predicted molar refractivity (Wildman–Crippen MR) is 73.9 cm³/mol. The minimum absolute atomic E-state index is 0.0823. The van der Waals surface area contributed by atoms with Crippen LogP contribution in [0, 0.1) is 6.92 Å². The van der Waals surface area contributed by atoms with Crippen LogP contribution in [-0.2, 0) is 0 Å². The second kappa shape index (κ2) is 5.24. The minimum Gasteiger partial charge on any atom is -0.375 e. The van der Waals surface area contributed by atoms with Gasteiger partial charge in [-0.1, -0.05) is 11.3 Å². The van der Waals surface area contributed by atoms with E-state index in [0.717, 1.165) is 31.6 Å². The van der Waals surface area contributed by atoms with Crippen molar-refractivity contribution < 1.29 is 4.79 Å². The summed E-state index contributed by atoms with van der Waals surface area (Å²) in [6, 6.07) is 0.585. The maximum absolute atomic E-state index is 12.3. The summed E-state index contributed by atoms with van der Waals surface area (Å²) in [5.41, 5.74) is 6.39. The van der Waals surface area contributed by atoms with Crippen molar-refractivity contribution >= 4 is 22.4 Å². The molecule has 2 rings (SSSR count). The molecule has 2 heterocycles. The normalized spacial score (nSPS) is 17.4. The Morgan fingerprint density at radius 2 is 2.06 bits per heavy atom. The van der Waals surface area contributed by atoms with Gasteiger partial charge in [0, 0.05) is 19.1 Å². The SMILES string of the molecule is Cc1nc(N)sc1C(=O)N1CCC(N(C)C)CC1. The lowest BCUT2D eigenvalue weighted by Gasteiger charge is -2.35. The summed E-state index contributed by atoms with van der Waals surface area (Å²) in [6.07, 6.45) is 2.07. The number of piperidine rings is 1. The number of likely N-dealkylation sites (tertiary alicyclic amines) is 1. The molecule has 0 unspecified atom stereocenters. The molecule has 0 spiro atoms. The predicted octanol–water partition coefficient (Wildman–Crippen LogP) is 1.20. The summed E-state index contributed by atoms with van der Waals surface area (Å²) in [5.74, 6) is 0.0823. The molecule has 0 aromatic carbocycles. The zero-order chi connectivity index (χ0) is 13.3. The lowest BCUT2D eigenvalue weighted by Crippen LogP contribution is -2.44. The lowest BCUT2D eigenvalue weighted by atomic mass is 10.0. The van der Waals surface area contributed by atoms with Gasteiger partial charge in [-0.05, 0) is 33.9 Å². The molecule has 2 N–H and O–H groups in total. The van der Waals surface area contributed by atoms with Crippen LogP contribution in [0.4, 0.5) is 5.13 Å². The van der Waals surface area contributed by atoms with Crippen molar-refractivity contribution in [3.8, 4) is 0 Å². The lowest BCUT2D eigenvalue weighted by molar-refractivity contribution is 0.0667. The van der Waals surface area contributed by atoms with Gasteiger partial charge in [-0.25, -0.2) is 4.98 Å². The van der Waals surface area contributed by atoms with Gasteiger partial charge in [0.25, 0.3) is 5.91 Å². The molecule has 0 atom stereocenters. The van der Waals surface area contributed by atoms with E-state index < -0.39 is 0 Å². The highest BCUT2D eigenvalue weighted by molar-refractivity contribution is 7.17. The summed E-state index contributed by atoms with van der Waals surface area (Å²) < 4.78 is 0. The highest BCUT2D eigenvalue weighted by Crippen LogP contribution is 2.23. The number of nitrogens with two attached hydrogens (primary N) is 1. The van der Waals surface area contributed by atoms with Crippen LogP contribution in [0.15, 0.2) is 0 Å². The number of hydrogen-bond donors (Lipinski definition) is 1. The van der Waals surface area contributed by atoms with Crippen LogP contribution in [0.25, 0.3) is 0 Å². The van der Waals surface area contributed by atoms with E-state index >= 15 is 0 Å². The number of aromatic nitrogens is 1. The molecule has 0 aliphatic carbocycles. The van der Waals surface area contributed by atoms with Gasteiger partial charge in [-0.3, -0.25) is 4.79 Å². The van der Waals surface area contributed by atoms with Crippen molar-refractivity contribution in [2.24, 2.45) is 0 Å². The number of carbonyl (C=O) groups excluding carboxylic acids is 1. The van der Waals surface area contributed by atoms with Gasteiger partial charge < -0.3 is 15.5 Å². The first-order chi connectivity index (χ1) is 8.49.